The van der Waals surface area contributed by atoms with E-state index in [-0.39, 0.29) is 4.90 Å². The number of rotatable bonds is 4. The number of aryl methyl sites for hydroxylation is 1. The summed E-state index contributed by atoms with van der Waals surface area (Å²) in [6, 6.07) is 3.75. The topological polar surface area (TPSA) is 46.2 Å². The summed E-state index contributed by atoms with van der Waals surface area (Å²) in [6.45, 7) is 2.07. The van der Waals surface area contributed by atoms with Gasteiger partial charge in [0.15, 0.2) is 0 Å². The Kier molecular flexibility index (Phi) is 3.42. The van der Waals surface area contributed by atoms with Gasteiger partial charge in [-0.2, -0.15) is 0 Å². The fourth-order valence-electron chi connectivity index (χ4n) is 3.34. The maximum absolute atomic E-state index is 13.0. The minimum Gasteiger partial charge on any atom is -0.211 e. The molecule has 3 atom stereocenters. The second kappa shape index (κ2) is 4.97. The smallest absolute Gasteiger partial charge is 0.211 e. The summed E-state index contributed by atoms with van der Waals surface area (Å²) in [5.74, 6) is 1.11. The standard InChI is InChI=1S/C15H18FNO2S/c1-10-6-14(16)4-5-15(10)20(18,19)17-9-13-8-11-2-3-12(13)7-11/h2-6,11-13,17H,7-9H2,1H3/t11-,12+,13-/m0/s1. The van der Waals surface area contributed by atoms with Crippen molar-refractivity contribution in [3.63, 3.8) is 0 Å². The van der Waals surface area contributed by atoms with Crippen LogP contribution in [0.25, 0.3) is 0 Å². The molecule has 0 aliphatic heterocycles. The van der Waals surface area contributed by atoms with Crippen molar-refractivity contribution in [3.8, 4) is 0 Å². The monoisotopic (exact) mass is 295 g/mol. The Morgan fingerprint density at radius 1 is 1.30 bits per heavy atom. The zero-order valence-corrected chi connectivity index (χ0v) is 12.2. The van der Waals surface area contributed by atoms with Crippen molar-refractivity contribution in [1.29, 1.82) is 0 Å². The molecule has 0 aromatic heterocycles. The number of sulfonamides is 1. The summed E-state index contributed by atoms with van der Waals surface area (Å²) in [6.07, 6.45) is 6.66. The van der Waals surface area contributed by atoms with Gasteiger partial charge in [-0.05, 0) is 61.3 Å². The van der Waals surface area contributed by atoms with E-state index in [1.165, 1.54) is 18.2 Å². The highest BCUT2D eigenvalue weighted by atomic mass is 32.2. The van der Waals surface area contributed by atoms with Gasteiger partial charge in [0.05, 0.1) is 4.90 Å². The highest BCUT2D eigenvalue weighted by molar-refractivity contribution is 7.89. The molecule has 1 N–H and O–H groups in total. The first-order valence-electron chi connectivity index (χ1n) is 6.90. The van der Waals surface area contributed by atoms with Crippen LogP contribution in [0.1, 0.15) is 18.4 Å². The third kappa shape index (κ3) is 2.52. The van der Waals surface area contributed by atoms with Crippen molar-refractivity contribution in [2.24, 2.45) is 17.8 Å². The highest BCUT2D eigenvalue weighted by Gasteiger charge is 2.36. The first-order chi connectivity index (χ1) is 9.45. The third-order valence-corrected chi connectivity index (χ3v) is 5.96. The molecule has 5 heteroatoms. The van der Waals surface area contributed by atoms with Crippen molar-refractivity contribution in [1.82, 2.24) is 4.72 Å². The fourth-order valence-corrected chi connectivity index (χ4v) is 4.66. The minimum atomic E-state index is -3.55. The molecular formula is C15H18FNO2S. The summed E-state index contributed by atoms with van der Waals surface area (Å²) in [4.78, 5) is 0.164. The van der Waals surface area contributed by atoms with E-state index < -0.39 is 15.8 Å². The van der Waals surface area contributed by atoms with Gasteiger partial charge in [-0.3, -0.25) is 0 Å². The summed E-state index contributed by atoms with van der Waals surface area (Å²) in [7, 11) is -3.55. The zero-order valence-electron chi connectivity index (χ0n) is 11.3. The SMILES string of the molecule is Cc1cc(F)ccc1S(=O)(=O)NC[C@@H]1C[C@H]2C=C[C@@H]1C2. The number of allylic oxidation sites excluding steroid dienone is 2. The highest BCUT2D eigenvalue weighted by Crippen LogP contribution is 2.43. The lowest BCUT2D eigenvalue weighted by Gasteiger charge is -2.19. The molecule has 3 rings (SSSR count). The summed E-state index contributed by atoms with van der Waals surface area (Å²) < 4.78 is 40.3. The molecule has 0 spiro atoms. The Labute approximate surface area is 118 Å². The van der Waals surface area contributed by atoms with Gasteiger partial charge >= 0.3 is 0 Å². The Morgan fingerprint density at radius 3 is 2.70 bits per heavy atom. The predicted molar refractivity (Wildman–Crippen MR) is 75.2 cm³/mol. The first-order valence-corrected chi connectivity index (χ1v) is 8.38. The van der Waals surface area contributed by atoms with Gasteiger partial charge in [-0.25, -0.2) is 17.5 Å². The fraction of sp³-hybridized carbons (Fsp3) is 0.467. The average Bonchev–Trinajstić information content (AvgIpc) is 2.98. The number of fused-ring (bicyclic) bond motifs is 2. The molecule has 0 radical (unpaired) electrons. The van der Waals surface area contributed by atoms with Gasteiger partial charge in [-0.1, -0.05) is 12.2 Å². The van der Waals surface area contributed by atoms with E-state index in [1.807, 2.05) is 0 Å². The van der Waals surface area contributed by atoms with Gasteiger partial charge < -0.3 is 0 Å². The van der Waals surface area contributed by atoms with Crippen molar-refractivity contribution < 1.29 is 12.8 Å². The quantitative estimate of drug-likeness (QED) is 0.868. The average molecular weight is 295 g/mol. The molecule has 1 aromatic rings. The largest absolute Gasteiger partial charge is 0.240 e. The maximum atomic E-state index is 13.0. The van der Waals surface area contributed by atoms with Crippen LogP contribution in [-0.2, 0) is 10.0 Å². The first kappa shape index (κ1) is 13.8. The van der Waals surface area contributed by atoms with E-state index in [9.17, 15) is 12.8 Å². The van der Waals surface area contributed by atoms with Crippen molar-refractivity contribution in [2.45, 2.75) is 24.7 Å². The molecule has 2 aliphatic carbocycles. The van der Waals surface area contributed by atoms with Gasteiger partial charge in [0.2, 0.25) is 10.0 Å². The van der Waals surface area contributed by atoms with E-state index in [0.717, 1.165) is 12.8 Å². The van der Waals surface area contributed by atoms with Crippen LogP contribution >= 0.6 is 0 Å². The molecule has 1 aromatic carbocycles. The predicted octanol–water partition coefficient (Wildman–Crippen LogP) is 2.62. The van der Waals surface area contributed by atoms with E-state index >= 15 is 0 Å². The second-order valence-corrected chi connectivity index (χ2v) is 7.54. The van der Waals surface area contributed by atoms with Crippen LogP contribution in [0.2, 0.25) is 0 Å². The lowest BCUT2D eigenvalue weighted by atomic mass is 9.94. The van der Waals surface area contributed by atoms with Crippen LogP contribution in [0, 0.1) is 30.5 Å². The van der Waals surface area contributed by atoms with Crippen molar-refractivity contribution in [2.75, 3.05) is 6.54 Å². The normalized spacial score (nSPS) is 28.2. The molecule has 2 bridgehead atoms. The van der Waals surface area contributed by atoms with Crippen LogP contribution in [0.4, 0.5) is 4.39 Å². The second-order valence-electron chi connectivity index (χ2n) is 5.80. The Bertz CT molecular complexity index is 654. The number of nitrogens with one attached hydrogen (secondary N) is 1. The van der Waals surface area contributed by atoms with Gasteiger partial charge in [0.25, 0.3) is 0 Å². The molecule has 0 amide bonds. The number of hydrogen-bond donors (Lipinski definition) is 1. The van der Waals surface area contributed by atoms with E-state index in [0.29, 0.717) is 29.9 Å². The molecule has 108 valence electrons. The molecule has 20 heavy (non-hydrogen) atoms. The minimum absolute atomic E-state index is 0.164. The Morgan fingerprint density at radius 2 is 2.10 bits per heavy atom. The number of halogens is 1. The molecule has 0 saturated heterocycles. The van der Waals surface area contributed by atoms with E-state index in [4.69, 9.17) is 0 Å². The van der Waals surface area contributed by atoms with E-state index in [1.54, 1.807) is 6.92 Å². The van der Waals surface area contributed by atoms with Crippen LogP contribution in [0.15, 0.2) is 35.2 Å². The third-order valence-electron chi connectivity index (χ3n) is 4.38. The molecule has 3 nitrogen and oxygen atoms in total. The summed E-state index contributed by atoms with van der Waals surface area (Å²) >= 11 is 0. The van der Waals surface area contributed by atoms with Crippen LogP contribution in [0.5, 0.6) is 0 Å². The Hall–Kier alpha value is -1.20. The lowest BCUT2D eigenvalue weighted by Crippen LogP contribution is -2.31. The van der Waals surface area contributed by atoms with Crippen molar-refractivity contribution >= 4 is 10.0 Å². The van der Waals surface area contributed by atoms with Crippen molar-refractivity contribution in [3.05, 3.63) is 41.7 Å². The Balaban J connectivity index is 1.71. The van der Waals surface area contributed by atoms with Crippen LogP contribution in [-0.4, -0.2) is 15.0 Å². The maximum Gasteiger partial charge on any atom is 0.240 e. The molecule has 1 saturated carbocycles. The molecular weight excluding hydrogens is 277 g/mol. The van der Waals surface area contributed by atoms with E-state index in [2.05, 4.69) is 16.9 Å². The number of benzene rings is 1. The zero-order chi connectivity index (χ0) is 14.3. The van der Waals surface area contributed by atoms with Gasteiger partial charge in [0, 0.05) is 6.54 Å². The summed E-state index contributed by atoms with van der Waals surface area (Å²) in [5, 5.41) is 0. The number of hydrogen-bond acceptors (Lipinski definition) is 2. The molecule has 0 heterocycles. The van der Waals surface area contributed by atoms with Gasteiger partial charge in [0.1, 0.15) is 5.82 Å². The lowest BCUT2D eigenvalue weighted by molar-refractivity contribution is 0.440. The van der Waals surface area contributed by atoms with Crippen LogP contribution < -0.4 is 4.72 Å². The molecule has 0 unspecified atom stereocenters. The molecule has 1 fully saturated rings. The summed E-state index contributed by atoms with van der Waals surface area (Å²) in [5.41, 5.74) is 0.435. The molecule has 2 aliphatic rings. The van der Waals surface area contributed by atoms with Gasteiger partial charge in [-0.15, -0.1) is 0 Å². The van der Waals surface area contributed by atoms with Crippen LogP contribution in [0.3, 0.4) is 0 Å².